The van der Waals surface area contributed by atoms with Gasteiger partial charge in [-0.3, -0.25) is 0 Å². The minimum absolute atomic E-state index is 0.207. The first-order chi connectivity index (χ1) is 9.85. The summed E-state index contributed by atoms with van der Waals surface area (Å²) in [6.07, 6.45) is 2.74. The fourth-order valence-corrected chi connectivity index (χ4v) is 4.08. The first-order valence-electron chi connectivity index (χ1n) is 6.63. The summed E-state index contributed by atoms with van der Waals surface area (Å²) in [7, 11) is -4.46. The highest BCUT2D eigenvalue weighted by molar-refractivity contribution is 7.89. The minimum Gasteiger partial charge on any atom is -0.396 e. The lowest BCUT2D eigenvalue weighted by Crippen LogP contribution is -2.43. The van der Waals surface area contributed by atoms with E-state index in [1.54, 1.807) is 0 Å². The molecule has 0 radical (unpaired) electrons. The second-order valence-electron chi connectivity index (χ2n) is 5.15. The third-order valence-corrected chi connectivity index (χ3v) is 5.22. The maximum atomic E-state index is 13.6. The van der Waals surface area contributed by atoms with Gasteiger partial charge in [0.05, 0.1) is 0 Å². The van der Waals surface area contributed by atoms with Crippen LogP contribution in [0.4, 0.5) is 13.2 Å². The summed E-state index contributed by atoms with van der Waals surface area (Å²) in [6.45, 7) is -0.207. The van der Waals surface area contributed by atoms with E-state index in [0.29, 0.717) is 25.0 Å². The Balaban J connectivity index is 2.30. The molecule has 4 nitrogen and oxygen atoms in total. The molecule has 2 rings (SSSR count). The third kappa shape index (κ3) is 3.56. The molecule has 21 heavy (non-hydrogen) atoms. The van der Waals surface area contributed by atoms with Crippen molar-refractivity contribution in [2.24, 2.45) is 5.92 Å². The largest absolute Gasteiger partial charge is 0.396 e. The second kappa shape index (κ2) is 6.33. The van der Waals surface area contributed by atoms with Crippen molar-refractivity contribution in [3.63, 3.8) is 0 Å². The number of benzene rings is 1. The molecule has 2 unspecified atom stereocenters. The Kier molecular flexibility index (Phi) is 4.90. The van der Waals surface area contributed by atoms with Crippen LogP contribution in [0.15, 0.2) is 17.0 Å². The molecule has 1 aliphatic rings. The van der Waals surface area contributed by atoms with Crippen LogP contribution in [0, 0.1) is 23.4 Å². The molecule has 118 valence electrons. The quantitative estimate of drug-likeness (QED) is 0.890. The lowest BCUT2D eigenvalue weighted by Gasteiger charge is -2.30. The topological polar surface area (TPSA) is 66.4 Å². The van der Waals surface area contributed by atoms with E-state index in [4.69, 9.17) is 0 Å². The summed E-state index contributed by atoms with van der Waals surface area (Å²) in [6, 6.07) is 0.0574. The Hall–Kier alpha value is -1.12. The van der Waals surface area contributed by atoms with E-state index >= 15 is 0 Å². The molecular weight excluding hydrogens is 307 g/mol. The van der Waals surface area contributed by atoms with Gasteiger partial charge in [0.1, 0.15) is 17.5 Å². The second-order valence-corrected chi connectivity index (χ2v) is 6.80. The first-order valence-corrected chi connectivity index (χ1v) is 8.11. The van der Waals surface area contributed by atoms with Gasteiger partial charge in [0.15, 0.2) is 4.90 Å². The van der Waals surface area contributed by atoms with E-state index in [9.17, 15) is 26.7 Å². The number of aliphatic hydroxyl groups is 1. The van der Waals surface area contributed by atoms with Gasteiger partial charge < -0.3 is 5.11 Å². The Bertz CT molecular complexity index is 598. The van der Waals surface area contributed by atoms with Gasteiger partial charge in [-0.15, -0.1) is 0 Å². The number of halogens is 3. The van der Waals surface area contributed by atoms with Crippen LogP contribution >= 0.6 is 0 Å². The Morgan fingerprint density at radius 3 is 2.29 bits per heavy atom. The highest BCUT2D eigenvalue weighted by Crippen LogP contribution is 2.27. The van der Waals surface area contributed by atoms with Gasteiger partial charge in [0.2, 0.25) is 10.0 Å². The summed E-state index contributed by atoms with van der Waals surface area (Å²) >= 11 is 0. The number of aliphatic hydroxyl groups excluding tert-OH is 1. The van der Waals surface area contributed by atoms with Gasteiger partial charge in [-0.05, 0) is 18.8 Å². The Labute approximate surface area is 121 Å². The normalized spacial score (nSPS) is 23.2. The number of sulfonamides is 1. The first kappa shape index (κ1) is 16.3. The van der Waals surface area contributed by atoms with E-state index in [2.05, 4.69) is 4.72 Å². The van der Waals surface area contributed by atoms with E-state index < -0.39 is 38.4 Å². The van der Waals surface area contributed by atoms with Crippen LogP contribution < -0.4 is 4.72 Å². The maximum absolute atomic E-state index is 13.6. The molecule has 0 saturated heterocycles. The third-order valence-electron chi connectivity index (χ3n) is 3.68. The van der Waals surface area contributed by atoms with Gasteiger partial charge in [0.25, 0.3) is 0 Å². The molecule has 1 fully saturated rings. The van der Waals surface area contributed by atoms with E-state index in [-0.39, 0.29) is 12.5 Å². The van der Waals surface area contributed by atoms with Crippen molar-refractivity contribution in [2.75, 3.05) is 6.61 Å². The van der Waals surface area contributed by atoms with Gasteiger partial charge in [0, 0.05) is 24.8 Å². The molecular formula is C13H16F3NO3S. The standard InChI is InChI=1S/C13H16F3NO3S/c14-9-5-10(15)13(11(16)6-9)21(19,20)17-12-4-2-1-3-8(12)7-18/h5-6,8,12,17-18H,1-4,7H2. The highest BCUT2D eigenvalue weighted by Gasteiger charge is 2.32. The fourth-order valence-electron chi connectivity index (χ4n) is 2.63. The van der Waals surface area contributed by atoms with Crippen molar-refractivity contribution in [3.05, 3.63) is 29.6 Å². The van der Waals surface area contributed by atoms with Crippen molar-refractivity contribution in [1.29, 1.82) is 0 Å². The molecule has 0 spiro atoms. The number of hydrogen-bond acceptors (Lipinski definition) is 3. The zero-order chi connectivity index (χ0) is 15.6. The van der Waals surface area contributed by atoms with E-state index in [0.717, 1.165) is 12.8 Å². The highest BCUT2D eigenvalue weighted by atomic mass is 32.2. The van der Waals surface area contributed by atoms with Crippen LogP contribution in [0.5, 0.6) is 0 Å². The number of nitrogens with one attached hydrogen (secondary N) is 1. The summed E-state index contributed by atoms with van der Waals surface area (Å²) < 4.78 is 66.5. The van der Waals surface area contributed by atoms with Crippen molar-refractivity contribution in [1.82, 2.24) is 4.72 Å². The van der Waals surface area contributed by atoms with Crippen LogP contribution in [-0.4, -0.2) is 26.2 Å². The average molecular weight is 323 g/mol. The Morgan fingerprint density at radius 1 is 1.14 bits per heavy atom. The predicted octanol–water partition coefficient (Wildman–Crippen LogP) is 1.93. The summed E-state index contributed by atoms with van der Waals surface area (Å²) in [4.78, 5) is -1.19. The van der Waals surface area contributed by atoms with Crippen LogP contribution in [0.25, 0.3) is 0 Å². The summed E-state index contributed by atoms with van der Waals surface area (Å²) in [5.41, 5.74) is 0. The van der Waals surface area contributed by atoms with Crippen molar-refractivity contribution in [2.45, 2.75) is 36.6 Å². The van der Waals surface area contributed by atoms with Crippen LogP contribution in [-0.2, 0) is 10.0 Å². The molecule has 1 aliphatic carbocycles. The van der Waals surface area contributed by atoms with Crippen LogP contribution in [0.2, 0.25) is 0 Å². The van der Waals surface area contributed by atoms with Crippen LogP contribution in [0.3, 0.4) is 0 Å². The molecule has 0 amide bonds. The monoisotopic (exact) mass is 323 g/mol. The average Bonchev–Trinajstić information content (AvgIpc) is 2.37. The van der Waals surface area contributed by atoms with Gasteiger partial charge in [-0.2, -0.15) is 0 Å². The smallest absolute Gasteiger partial charge is 0.246 e. The fraction of sp³-hybridized carbons (Fsp3) is 0.538. The SMILES string of the molecule is O=S(=O)(NC1CCCCC1CO)c1c(F)cc(F)cc1F. The van der Waals surface area contributed by atoms with Crippen molar-refractivity contribution >= 4 is 10.0 Å². The molecule has 1 saturated carbocycles. The molecule has 0 aromatic heterocycles. The number of hydrogen-bond donors (Lipinski definition) is 2. The van der Waals surface area contributed by atoms with Crippen molar-refractivity contribution in [3.8, 4) is 0 Å². The molecule has 0 heterocycles. The molecule has 2 N–H and O–H groups in total. The Morgan fingerprint density at radius 2 is 1.71 bits per heavy atom. The molecule has 1 aromatic carbocycles. The van der Waals surface area contributed by atoms with E-state index in [1.807, 2.05) is 0 Å². The molecule has 2 atom stereocenters. The zero-order valence-electron chi connectivity index (χ0n) is 11.2. The minimum atomic E-state index is -4.46. The summed E-state index contributed by atoms with van der Waals surface area (Å²) in [5.74, 6) is -4.43. The van der Waals surface area contributed by atoms with Gasteiger partial charge in [-0.1, -0.05) is 12.8 Å². The molecule has 8 heteroatoms. The van der Waals surface area contributed by atoms with Gasteiger partial charge in [-0.25, -0.2) is 26.3 Å². The maximum Gasteiger partial charge on any atom is 0.246 e. The molecule has 1 aromatic rings. The van der Waals surface area contributed by atoms with Crippen LogP contribution in [0.1, 0.15) is 25.7 Å². The summed E-state index contributed by atoms with van der Waals surface area (Å²) in [5, 5.41) is 9.24. The van der Waals surface area contributed by atoms with Gasteiger partial charge >= 0.3 is 0 Å². The predicted molar refractivity (Wildman–Crippen MR) is 69.5 cm³/mol. The molecule has 0 aliphatic heterocycles. The zero-order valence-corrected chi connectivity index (χ0v) is 12.0. The molecule has 0 bridgehead atoms. The number of rotatable bonds is 4. The lowest BCUT2D eigenvalue weighted by atomic mass is 9.86. The van der Waals surface area contributed by atoms with E-state index in [1.165, 1.54) is 0 Å². The lowest BCUT2D eigenvalue weighted by molar-refractivity contribution is 0.164. The van der Waals surface area contributed by atoms with Crippen molar-refractivity contribution < 1.29 is 26.7 Å².